The van der Waals surface area contributed by atoms with Crippen LogP contribution in [0, 0.1) is 0 Å². The molecule has 0 spiro atoms. The van der Waals surface area contributed by atoms with Crippen LogP contribution >= 0.6 is 0 Å². The highest BCUT2D eigenvalue weighted by atomic mass is 28.4. The molecule has 0 aromatic carbocycles. The van der Waals surface area contributed by atoms with Gasteiger partial charge in [-0.2, -0.15) is 0 Å². The van der Waals surface area contributed by atoms with E-state index in [2.05, 4.69) is 0 Å². The number of amides is 1. The van der Waals surface area contributed by atoms with Crippen molar-refractivity contribution < 1.29 is 18.1 Å². The zero-order valence-electron chi connectivity index (χ0n) is 13.0. The number of carbonyl (C=O) groups excluding carboxylic acids is 1. The van der Waals surface area contributed by atoms with Crippen molar-refractivity contribution >= 4 is 14.7 Å². The first-order valence-electron chi connectivity index (χ1n) is 7.21. The van der Waals surface area contributed by atoms with Crippen LogP contribution in [-0.4, -0.2) is 53.0 Å². The van der Waals surface area contributed by atoms with E-state index in [1.165, 1.54) is 0 Å². The molecule has 0 N–H and O–H groups in total. The summed E-state index contributed by atoms with van der Waals surface area (Å²) in [6, 6.07) is 0.754. The van der Waals surface area contributed by atoms with E-state index in [1.54, 1.807) is 4.90 Å². The van der Waals surface area contributed by atoms with Crippen LogP contribution in [-0.2, 0) is 18.1 Å². The van der Waals surface area contributed by atoms with Crippen LogP contribution in [0.3, 0.4) is 0 Å². The van der Waals surface area contributed by atoms with Crippen molar-refractivity contribution in [1.29, 1.82) is 0 Å². The summed E-state index contributed by atoms with van der Waals surface area (Å²) >= 11 is 0. The highest BCUT2D eigenvalue weighted by Gasteiger charge is 2.39. The monoisotopic (exact) mass is 291 g/mol. The van der Waals surface area contributed by atoms with E-state index in [4.69, 9.17) is 13.3 Å². The molecule has 0 saturated carbocycles. The Kier molecular flexibility index (Phi) is 10.1. The summed E-state index contributed by atoms with van der Waals surface area (Å²) < 4.78 is 17.3. The Balaban J connectivity index is 4.35. The fraction of sp³-hybridized carbons (Fsp3) is 0.923. The van der Waals surface area contributed by atoms with E-state index in [1.807, 2.05) is 34.7 Å². The summed E-state index contributed by atoms with van der Waals surface area (Å²) in [5.41, 5.74) is 0. The molecule has 0 aliphatic rings. The lowest BCUT2D eigenvalue weighted by molar-refractivity contribution is -0.129. The lowest BCUT2D eigenvalue weighted by atomic mass is 10.4. The first-order valence-corrected chi connectivity index (χ1v) is 9.14. The molecule has 0 rings (SSSR count). The van der Waals surface area contributed by atoms with Gasteiger partial charge in [0.1, 0.15) is 0 Å². The Morgan fingerprint density at radius 3 is 1.84 bits per heavy atom. The van der Waals surface area contributed by atoms with Gasteiger partial charge in [-0.3, -0.25) is 4.79 Å². The molecule has 0 atom stereocenters. The largest absolute Gasteiger partial charge is 0.500 e. The van der Waals surface area contributed by atoms with Crippen molar-refractivity contribution in [2.45, 2.75) is 46.6 Å². The van der Waals surface area contributed by atoms with Crippen LogP contribution in [0.25, 0.3) is 0 Å². The molecule has 6 heteroatoms. The van der Waals surface area contributed by atoms with Gasteiger partial charge in [-0.1, -0.05) is 6.92 Å². The molecule has 114 valence electrons. The van der Waals surface area contributed by atoms with Gasteiger partial charge in [-0.25, -0.2) is 0 Å². The van der Waals surface area contributed by atoms with Gasteiger partial charge in [0.15, 0.2) is 0 Å². The van der Waals surface area contributed by atoms with Gasteiger partial charge in [-0.05, 0) is 27.2 Å². The van der Waals surface area contributed by atoms with Crippen molar-refractivity contribution in [1.82, 2.24) is 4.90 Å². The normalized spacial score (nSPS) is 11.6. The first kappa shape index (κ1) is 18.6. The second-order valence-corrected chi connectivity index (χ2v) is 6.99. The maximum atomic E-state index is 11.5. The van der Waals surface area contributed by atoms with Gasteiger partial charge in [0.2, 0.25) is 5.91 Å². The molecule has 0 fully saturated rings. The predicted molar refractivity (Wildman–Crippen MR) is 78.0 cm³/mol. The fourth-order valence-corrected chi connectivity index (χ4v) is 4.52. The number of rotatable bonds is 11. The Labute approximate surface area is 118 Å². The minimum Gasteiger partial charge on any atom is -0.374 e. The van der Waals surface area contributed by atoms with Crippen LogP contribution in [0.1, 0.15) is 40.5 Å². The van der Waals surface area contributed by atoms with Gasteiger partial charge in [-0.15, -0.1) is 0 Å². The minimum atomic E-state index is -2.55. The third kappa shape index (κ3) is 7.05. The third-order valence-electron chi connectivity index (χ3n) is 2.80. The van der Waals surface area contributed by atoms with Crippen molar-refractivity contribution in [2.24, 2.45) is 0 Å². The molecule has 0 saturated heterocycles. The first-order chi connectivity index (χ1) is 9.05. The average molecular weight is 291 g/mol. The Bertz CT molecular complexity index is 234. The number of hydrogen-bond donors (Lipinski definition) is 0. The Morgan fingerprint density at radius 2 is 1.47 bits per heavy atom. The van der Waals surface area contributed by atoms with Gasteiger partial charge in [0.05, 0.1) is 0 Å². The number of carbonyl (C=O) groups is 1. The van der Waals surface area contributed by atoms with Crippen LogP contribution in [0.2, 0.25) is 6.04 Å². The zero-order valence-corrected chi connectivity index (χ0v) is 14.0. The van der Waals surface area contributed by atoms with Crippen LogP contribution in [0.15, 0.2) is 0 Å². The average Bonchev–Trinajstić information content (AvgIpc) is 2.38. The smallest absolute Gasteiger partial charge is 0.374 e. The summed E-state index contributed by atoms with van der Waals surface area (Å²) in [5, 5.41) is 0. The maximum absolute atomic E-state index is 11.5. The summed E-state index contributed by atoms with van der Waals surface area (Å²) in [7, 11) is -0.715. The van der Waals surface area contributed by atoms with Crippen LogP contribution in [0.4, 0.5) is 0 Å². The maximum Gasteiger partial charge on any atom is 0.500 e. The van der Waals surface area contributed by atoms with E-state index in [0.717, 1.165) is 12.5 Å². The molecule has 0 aliphatic carbocycles. The minimum absolute atomic E-state index is 0.163. The molecule has 1 amide bonds. The lowest BCUT2D eigenvalue weighted by Gasteiger charge is -2.29. The van der Waals surface area contributed by atoms with Crippen LogP contribution in [0.5, 0.6) is 0 Å². The van der Waals surface area contributed by atoms with Crippen molar-refractivity contribution in [2.75, 3.05) is 33.4 Å². The van der Waals surface area contributed by atoms with E-state index in [-0.39, 0.29) is 5.91 Å². The van der Waals surface area contributed by atoms with Gasteiger partial charge >= 0.3 is 8.80 Å². The van der Waals surface area contributed by atoms with Crippen molar-refractivity contribution in [3.8, 4) is 0 Å². The molecule has 0 aromatic heterocycles. The van der Waals surface area contributed by atoms with Gasteiger partial charge in [0, 0.05) is 45.9 Å². The number of nitrogens with zero attached hydrogens (tertiary/aromatic N) is 1. The Morgan fingerprint density at radius 1 is 1.00 bits per heavy atom. The summed E-state index contributed by atoms with van der Waals surface area (Å²) in [6.07, 6.45) is 1.38. The zero-order chi connectivity index (χ0) is 14.7. The van der Waals surface area contributed by atoms with Crippen molar-refractivity contribution in [3.05, 3.63) is 0 Å². The molecular formula is C13H29NO4Si. The molecule has 0 aromatic rings. The second-order valence-electron chi connectivity index (χ2n) is 4.25. The summed E-state index contributed by atoms with van der Waals surface area (Å²) in [4.78, 5) is 13.2. The SMILES string of the molecule is CCO[Si](CCCN(C)C(=O)CC)(OCC)OCC. The summed E-state index contributed by atoms with van der Waals surface area (Å²) in [6.45, 7) is 10.2. The molecule has 0 radical (unpaired) electrons. The number of hydrogen-bond acceptors (Lipinski definition) is 4. The second kappa shape index (κ2) is 10.4. The Hall–Kier alpha value is -0.433. The lowest BCUT2D eigenvalue weighted by Crippen LogP contribution is -2.46. The third-order valence-corrected chi connectivity index (χ3v) is 5.95. The van der Waals surface area contributed by atoms with Crippen LogP contribution < -0.4 is 0 Å². The van der Waals surface area contributed by atoms with E-state index >= 15 is 0 Å². The van der Waals surface area contributed by atoms with E-state index in [0.29, 0.717) is 32.8 Å². The van der Waals surface area contributed by atoms with E-state index < -0.39 is 8.80 Å². The molecule has 5 nitrogen and oxygen atoms in total. The highest BCUT2D eigenvalue weighted by molar-refractivity contribution is 6.60. The molecule has 0 unspecified atom stereocenters. The molecular weight excluding hydrogens is 262 g/mol. The topological polar surface area (TPSA) is 48.0 Å². The summed E-state index contributed by atoms with van der Waals surface area (Å²) in [5.74, 6) is 0.163. The quantitative estimate of drug-likeness (QED) is 0.548. The molecule has 0 heterocycles. The molecule has 0 aliphatic heterocycles. The van der Waals surface area contributed by atoms with Gasteiger partial charge in [0.25, 0.3) is 0 Å². The highest BCUT2D eigenvalue weighted by Crippen LogP contribution is 2.18. The van der Waals surface area contributed by atoms with Crippen molar-refractivity contribution in [3.63, 3.8) is 0 Å². The fourth-order valence-electron chi connectivity index (χ4n) is 1.93. The van der Waals surface area contributed by atoms with Gasteiger partial charge < -0.3 is 18.2 Å². The predicted octanol–water partition coefficient (Wildman–Crippen LogP) is 2.29. The molecule has 19 heavy (non-hydrogen) atoms. The standard InChI is InChI=1S/C13H29NO4Si/c1-6-13(15)14(5)11-10-12-19(16-7-2,17-8-3)18-9-4/h6-12H2,1-5H3. The molecule has 0 bridgehead atoms. The van der Waals surface area contributed by atoms with E-state index in [9.17, 15) is 4.79 Å².